The Hall–Kier alpha value is -1.73. The Morgan fingerprint density at radius 2 is 1.90 bits per heavy atom. The minimum Gasteiger partial charge on any atom is -0.480 e. The molecule has 1 unspecified atom stereocenters. The molecule has 1 fully saturated rings. The highest BCUT2D eigenvalue weighted by molar-refractivity contribution is 7.99. The fourth-order valence-electron chi connectivity index (χ4n) is 2.07. The van der Waals surface area contributed by atoms with Crippen LogP contribution in [0.2, 0.25) is 0 Å². The maximum Gasteiger partial charge on any atom is 0.327 e. The number of anilines is 1. The lowest BCUT2D eigenvalue weighted by molar-refractivity contribution is -0.139. The molecule has 2 amide bonds. The van der Waals surface area contributed by atoms with Crippen molar-refractivity contribution in [1.82, 2.24) is 10.2 Å². The zero-order valence-corrected chi connectivity index (χ0v) is 12.4. The summed E-state index contributed by atoms with van der Waals surface area (Å²) in [6, 6.07) is 7.54. The van der Waals surface area contributed by atoms with E-state index in [1.807, 2.05) is 17.8 Å². The van der Waals surface area contributed by atoms with Gasteiger partial charge in [-0.15, -0.1) is 0 Å². The number of carbonyl (C=O) groups excluding carboxylic acids is 1. The van der Waals surface area contributed by atoms with E-state index < -0.39 is 18.0 Å². The first kappa shape index (κ1) is 15.7. The van der Waals surface area contributed by atoms with Gasteiger partial charge in [0.15, 0.2) is 0 Å². The van der Waals surface area contributed by atoms with Crippen LogP contribution in [0, 0.1) is 0 Å². The smallest absolute Gasteiger partial charge is 0.327 e. The number of amides is 2. The van der Waals surface area contributed by atoms with Crippen LogP contribution in [0.3, 0.4) is 0 Å². The standard InChI is InChI=1S/C14H19N3O3S/c18-13(19)12(10-17-6-8-21-9-7-17)16-14(20)15-11-4-2-1-3-5-11/h1-5,12H,6-10H2,(H,18,19)(H2,15,16,20). The van der Waals surface area contributed by atoms with Crippen LogP contribution in [0.15, 0.2) is 30.3 Å². The Labute approximate surface area is 127 Å². The number of thioether (sulfide) groups is 1. The maximum absolute atomic E-state index is 11.9. The average molecular weight is 309 g/mol. The van der Waals surface area contributed by atoms with Gasteiger partial charge >= 0.3 is 12.0 Å². The number of carboxylic acid groups (broad SMARTS) is 1. The highest BCUT2D eigenvalue weighted by Crippen LogP contribution is 2.10. The molecular formula is C14H19N3O3S. The molecule has 1 saturated heterocycles. The summed E-state index contributed by atoms with van der Waals surface area (Å²) in [7, 11) is 0. The molecule has 7 heteroatoms. The molecule has 0 aliphatic carbocycles. The van der Waals surface area contributed by atoms with Gasteiger partial charge < -0.3 is 15.7 Å². The maximum atomic E-state index is 11.9. The van der Waals surface area contributed by atoms with Gasteiger partial charge in [-0.05, 0) is 12.1 Å². The SMILES string of the molecule is O=C(Nc1ccccc1)NC(CN1CCSCC1)C(=O)O. The zero-order chi connectivity index (χ0) is 15.1. The topological polar surface area (TPSA) is 81.7 Å². The second-order valence-corrected chi connectivity index (χ2v) is 5.99. The first-order valence-corrected chi connectivity index (χ1v) is 7.96. The minimum atomic E-state index is -1.02. The summed E-state index contributed by atoms with van der Waals surface area (Å²) in [6.07, 6.45) is 0. The number of urea groups is 1. The van der Waals surface area contributed by atoms with Crippen LogP contribution in [0.1, 0.15) is 0 Å². The number of para-hydroxylation sites is 1. The summed E-state index contributed by atoms with van der Waals surface area (Å²) in [5.41, 5.74) is 0.633. The van der Waals surface area contributed by atoms with E-state index >= 15 is 0 Å². The van der Waals surface area contributed by atoms with Gasteiger partial charge in [-0.2, -0.15) is 11.8 Å². The molecule has 1 aliphatic heterocycles. The number of benzene rings is 1. The van der Waals surface area contributed by atoms with Crippen LogP contribution in [-0.4, -0.2) is 59.2 Å². The fraction of sp³-hybridized carbons (Fsp3) is 0.429. The van der Waals surface area contributed by atoms with Crippen molar-refractivity contribution in [3.63, 3.8) is 0 Å². The molecule has 21 heavy (non-hydrogen) atoms. The lowest BCUT2D eigenvalue weighted by Gasteiger charge is -2.28. The lowest BCUT2D eigenvalue weighted by Crippen LogP contribution is -2.51. The zero-order valence-electron chi connectivity index (χ0n) is 11.6. The van der Waals surface area contributed by atoms with Gasteiger partial charge in [-0.25, -0.2) is 9.59 Å². The normalized spacial score (nSPS) is 17.0. The van der Waals surface area contributed by atoms with Crippen LogP contribution >= 0.6 is 11.8 Å². The van der Waals surface area contributed by atoms with Gasteiger partial charge in [-0.1, -0.05) is 18.2 Å². The third kappa shape index (κ3) is 5.28. The van der Waals surface area contributed by atoms with E-state index in [1.165, 1.54) is 0 Å². The van der Waals surface area contributed by atoms with E-state index in [0.717, 1.165) is 24.6 Å². The minimum absolute atomic E-state index is 0.331. The monoisotopic (exact) mass is 309 g/mol. The molecule has 1 aliphatic rings. The van der Waals surface area contributed by atoms with E-state index in [-0.39, 0.29) is 0 Å². The number of carbonyl (C=O) groups is 2. The van der Waals surface area contributed by atoms with Crippen molar-refractivity contribution in [2.45, 2.75) is 6.04 Å². The van der Waals surface area contributed by atoms with E-state index in [0.29, 0.717) is 12.2 Å². The predicted octanol–water partition coefficient (Wildman–Crippen LogP) is 1.31. The number of aliphatic carboxylic acids is 1. The van der Waals surface area contributed by atoms with Crippen molar-refractivity contribution in [2.24, 2.45) is 0 Å². The molecule has 0 spiro atoms. The Morgan fingerprint density at radius 1 is 1.24 bits per heavy atom. The van der Waals surface area contributed by atoms with Crippen molar-refractivity contribution in [3.8, 4) is 0 Å². The summed E-state index contributed by atoms with van der Waals surface area (Å²) in [5, 5.41) is 14.4. The first-order valence-electron chi connectivity index (χ1n) is 6.80. The third-order valence-electron chi connectivity index (χ3n) is 3.18. The molecule has 1 aromatic carbocycles. The fourth-order valence-corrected chi connectivity index (χ4v) is 3.05. The summed E-state index contributed by atoms with van der Waals surface area (Å²) in [4.78, 5) is 25.2. The molecule has 114 valence electrons. The average Bonchev–Trinajstić information content (AvgIpc) is 2.48. The van der Waals surface area contributed by atoms with Crippen molar-refractivity contribution in [1.29, 1.82) is 0 Å². The van der Waals surface area contributed by atoms with Crippen molar-refractivity contribution in [2.75, 3.05) is 36.5 Å². The molecule has 6 nitrogen and oxygen atoms in total. The number of carboxylic acids is 1. The van der Waals surface area contributed by atoms with Crippen molar-refractivity contribution in [3.05, 3.63) is 30.3 Å². The number of hydrogen-bond donors (Lipinski definition) is 3. The van der Waals surface area contributed by atoms with Crippen LogP contribution in [0.5, 0.6) is 0 Å². The predicted molar refractivity (Wildman–Crippen MR) is 83.8 cm³/mol. The molecule has 1 atom stereocenters. The van der Waals surface area contributed by atoms with Crippen LogP contribution in [-0.2, 0) is 4.79 Å². The van der Waals surface area contributed by atoms with E-state index in [1.54, 1.807) is 24.3 Å². The molecule has 0 saturated carbocycles. The molecule has 3 N–H and O–H groups in total. The Kier molecular flexibility index (Phi) is 5.89. The summed E-state index contributed by atoms with van der Waals surface area (Å²) < 4.78 is 0. The summed E-state index contributed by atoms with van der Waals surface area (Å²) >= 11 is 1.86. The van der Waals surface area contributed by atoms with Crippen molar-refractivity contribution >= 4 is 29.4 Å². The van der Waals surface area contributed by atoms with Gasteiger partial charge in [0.05, 0.1) is 0 Å². The van der Waals surface area contributed by atoms with Crippen molar-refractivity contribution < 1.29 is 14.7 Å². The van der Waals surface area contributed by atoms with Gasteiger partial charge in [0.2, 0.25) is 0 Å². The van der Waals surface area contributed by atoms with Crippen LogP contribution in [0.4, 0.5) is 10.5 Å². The van der Waals surface area contributed by atoms with Crippen LogP contribution < -0.4 is 10.6 Å². The number of nitrogens with one attached hydrogen (secondary N) is 2. The highest BCUT2D eigenvalue weighted by atomic mass is 32.2. The van der Waals surface area contributed by atoms with Gasteiger partial charge in [0.1, 0.15) is 6.04 Å². The van der Waals surface area contributed by atoms with Gasteiger partial charge in [-0.3, -0.25) is 4.90 Å². The quantitative estimate of drug-likeness (QED) is 0.764. The molecular weight excluding hydrogens is 290 g/mol. The van der Waals surface area contributed by atoms with Gasteiger partial charge in [0, 0.05) is 36.8 Å². The van der Waals surface area contributed by atoms with Gasteiger partial charge in [0.25, 0.3) is 0 Å². The number of hydrogen-bond acceptors (Lipinski definition) is 4. The van der Waals surface area contributed by atoms with Crippen LogP contribution in [0.25, 0.3) is 0 Å². The van der Waals surface area contributed by atoms with E-state index in [4.69, 9.17) is 0 Å². The number of rotatable bonds is 5. The second-order valence-electron chi connectivity index (χ2n) is 4.77. The molecule has 1 heterocycles. The molecule has 0 bridgehead atoms. The Balaban J connectivity index is 1.86. The Bertz CT molecular complexity index is 478. The second kappa shape index (κ2) is 7.90. The van der Waals surface area contributed by atoms with E-state index in [9.17, 15) is 14.7 Å². The molecule has 1 aromatic rings. The molecule has 2 rings (SSSR count). The first-order chi connectivity index (χ1) is 10.1. The largest absolute Gasteiger partial charge is 0.480 e. The molecule has 0 radical (unpaired) electrons. The van der Waals surface area contributed by atoms with E-state index in [2.05, 4.69) is 15.5 Å². The number of nitrogens with zero attached hydrogens (tertiary/aromatic N) is 1. The summed E-state index contributed by atoms with van der Waals surface area (Å²) in [5.74, 6) is 0.988. The lowest BCUT2D eigenvalue weighted by atomic mass is 10.2. The highest BCUT2D eigenvalue weighted by Gasteiger charge is 2.24. The third-order valence-corrected chi connectivity index (χ3v) is 4.12. The summed E-state index contributed by atoms with van der Waals surface area (Å²) in [6.45, 7) is 2.05. The Morgan fingerprint density at radius 3 is 2.52 bits per heavy atom. The molecule has 0 aromatic heterocycles.